The molecule has 0 fully saturated rings. The van der Waals surface area contributed by atoms with Crippen LogP contribution in [0, 0.1) is 18.6 Å². The van der Waals surface area contributed by atoms with Gasteiger partial charge in [-0.15, -0.1) is 0 Å². The highest BCUT2D eigenvalue weighted by atomic mass is 79.9. The molecule has 0 saturated carbocycles. The van der Waals surface area contributed by atoms with Crippen LogP contribution in [0.4, 0.5) is 8.78 Å². The molecule has 0 amide bonds. The summed E-state index contributed by atoms with van der Waals surface area (Å²) in [5.41, 5.74) is 1.05. The Labute approximate surface area is 130 Å². The second-order valence-corrected chi connectivity index (χ2v) is 7.76. The van der Waals surface area contributed by atoms with E-state index >= 15 is 0 Å². The fourth-order valence-electron chi connectivity index (χ4n) is 1.92. The van der Waals surface area contributed by atoms with E-state index in [9.17, 15) is 17.2 Å². The van der Waals surface area contributed by atoms with E-state index in [1.165, 1.54) is 19.1 Å². The van der Waals surface area contributed by atoms with Crippen LogP contribution >= 0.6 is 15.9 Å². The number of aryl methyl sites for hydroxylation is 1. The Hall–Kier alpha value is -1.27. The molecule has 2 rings (SSSR count). The summed E-state index contributed by atoms with van der Waals surface area (Å²) in [5.74, 6) is -0.994. The molecule has 0 saturated heterocycles. The molecule has 0 N–H and O–H groups in total. The molecule has 0 heterocycles. The smallest absolute Gasteiger partial charge is 0.175 e. The fraction of sp³-hybridized carbons (Fsp3) is 0.200. The highest BCUT2D eigenvalue weighted by Crippen LogP contribution is 2.33. The number of sulfone groups is 1. The molecule has 21 heavy (non-hydrogen) atoms. The van der Waals surface area contributed by atoms with Crippen LogP contribution < -0.4 is 0 Å². The lowest BCUT2D eigenvalue weighted by atomic mass is 10.0. The lowest BCUT2D eigenvalue weighted by Gasteiger charge is -2.13. The van der Waals surface area contributed by atoms with Crippen molar-refractivity contribution in [2.24, 2.45) is 0 Å². The molecule has 112 valence electrons. The van der Waals surface area contributed by atoms with Gasteiger partial charge in [0.15, 0.2) is 9.84 Å². The van der Waals surface area contributed by atoms with E-state index in [4.69, 9.17) is 0 Å². The van der Waals surface area contributed by atoms with E-state index in [1.54, 1.807) is 12.1 Å². The van der Waals surface area contributed by atoms with Crippen LogP contribution in [-0.2, 0) is 9.84 Å². The first-order chi connectivity index (χ1) is 9.70. The third-order valence-corrected chi connectivity index (χ3v) is 5.30. The number of halogens is 3. The van der Waals surface area contributed by atoms with Crippen LogP contribution in [-0.4, -0.2) is 14.7 Å². The minimum absolute atomic E-state index is 0.171. The van der Waals surface area contributed by atoms with Crippen LogP contribution in [0.3, 0.4) is 0 Å². The fourth-order valence-corrected chi connectivity index (χ4v) is 3.21. The lowest BCUT2D eigenvalue weighted by molar-refractivity contribution is 0.581. The Bertz CT molecular complexity index is 771. The lowest BCUT2D eigenvalue weighted by Crippen LogP contribution is -2.01. The van der Waals surface area contributed by atoms with Gasteiger partial charge in [0, 0.05) is 11.8 Å². The third-order valence-electron chi connectivity index (χ3n) is 3.15. The average molecular weight is 375 g/mol. The first-order valence-electron chi connectivity index (χ1n) is 6.10. The molecule has 0 aliphatic carbocycles. The van der Waals surface area contributed by atoms with Gasteiger partial charge in [0.2, 0.25) is 0 Å². The van der Waals surface area contributed by atoms with Gasteiger partial charge in [-0.2, -0.15) is 0 Å². The zero-order valence-electron chi connectivity index (χ0n) is 11.4. The molecule has 6 heteroatoms. The van der Waals surface area contributed by atoms with Gasteiger partial charge in [0.1, 0.15) is 11.6 Å². The number of benzene rings is 2. The third kappa shape index (κ3) is 3.49. The molecule has 2 nitrogen and oxygen atoms in total. The van der Waals surface area contributed by atoms with Gasteiger partial charge in [-0.25, -0.2) is 17.2 Å². The molecule has 0 aromatic heterocycles. The molecule has 0 radical (unpaired) electrons. The van der Waals surface area contributed by atoms with Crippen molar-refractivity contribution in [3.05, 3.63) is 64.7 Å². The van der Waals surface area contributed by atoms with Crippen LogP contribution in [0.1, 0.15) is 21.5 Å². The molecular weight excluding hydrogens is 362 g/mol. The predicted octanol–water partition coefficient (Wildman–Crippen LogP) is 4.16. The Morgan fingerprint density at radius 1 is 1.05 bits per heavy atom. The molecule has 2 aromatic rings. The van der Waals surface area contributed by atoms with Crippen molar-refractivity contribution in [1.29, 1.82) is 0 Å². The molecule has 1 atom stereocenters. The number of alkyl halides is 1. The summed E-state index contributed by atoms with van der Waals surface area (Å²) in [4.78, 5) is -0.372. The quantitative estimate of drug-likeness (QED) is 0.755. The van der Waals surface area contributed by atoms with Crippen molar-refractivity contribution < 1.29 is 17.2 Å². The van der Waals surface area contributed by atoms with Gasteiger partial charge in [-0.05, 0) is 42.3 Å². The normalized spacial score (nSPS) is 13.2. The minimum atomic E-state index is -3.28. The van der Waals surface area contributed by atoms with Crippen LogP contribution in [0.25, 0.3) is 0 Å². The van der Waals surface area contributed by atoms with Crippen molar-refractivity contribution in [2.45, 2.75) is 16.6 Å². The van der Waals surface area contributed by atoms with Crippen molar-refractivity contribution in [2.75, 3.05) is 6.26 Å². The topological polar surface area (TPSA) is 34.1 Å². The Balaban J connectivity index is 2.41. The second kappa shape index (κ2) is 5.85. The summed E-state index contributed by atoms with van der Waals surface area (Å²) >= 11 is 3.32. The summed E-state index contributed by atoms with van der Waals surface area (Å²) in [6.07, 6.45) is 1.11. The molecule has 1 unspecified atom stereocenters. The van der Waals surface area contributed by atoms with Crippen molar-refractivity contribution in [3.63, 3.8) is 0 Å². The Kier molecular flexibility index (Phi) is 4.49. The maximum atomic E-state index is 13.9. The van der Waals surface area contributed by atoms with E-state index in [0.29, 0.717) is 5.56 Å². The Morgan fingerprint density at radius 2 is 1.62 bits per heavy atom. The van der Waals surface area contributed by atoms with Crippen molar-refractivity contribution >= 4 is 25.8 Å². The van der Waals surface area contributed by atoms with Gasteiger partial charge in [0.25, 0.3) is 0 Å². The summed E-state index contributed by atoms with van der Waals surface area (Å²) in [5, 5.41) is 0. The number of rotatable bonds is 3. The van der Waals surface area contributed by atoms with Crippen molar-refractivity contribution in [1.82, 2.24) is 0 Å². The first kappa shape index (κ1) is 16.1. The van der Waals surface area contributed by atoms with Gasteiger partial charge < -0.3 is 0 Å². The van der Waals surface area contributed by atoms with Gasteiger partial charge in [-0.1, -0.05) is 28.1 Å². The van der Waals surface area contributed by atoms with E-state index in [2.05, 4.69) is 15.9 Å². The highest BCUT2D eigenvalue weighted by Gasteiger charge is 2.18. The molecule has 0 spiro atoms. The largest absolute Gasteiger partial charge is 0.224 e. The monoisotopic (exact) mass is 374 g/mol. The highest BCUT2D eigenvalue weighted by molar-refractivity contribution is 9.09. The average Bonchev–Trinajstić information content (AvgIpc) is 2.41. The van der Waals surface area contributed by atoms with Crippen LogP contribution in [0.15, 0.2) is 41.3 Å². The molecule has 0 aliphatic rings. The van der Waals surface area contributed by atoms with Crippen LogP contribution in [0.5, 0.6) is 0 Å². The zero-order chi connectivity index (χ0) is 15.8. The zero-order valence-corrected chi connectivity index (χ0v) is 13.8. The predicted molar refractivity (Wildman–Crippen MR) is 81.4 cm³/mol. The number of hydrogen-bond acceptors (Lipinski definition) is 2. The van der Waals surface area contributed by atoms with Crippen molar-refractivity contribution in [3.8, 4) is 0 Å². The van der Waals surface area contributed by atoms with E-state index in [1.807, 2.05) is 0 Å². The summed E-state index contributed by atoms with van der Waals surface area (Å²) in [7, 11) is -3.28. The van der Waals surface area contributed by atoms with E-state index in [-0.39, 0.29) is 16.0 Å². The van der Waals surface area contributed by atoms with Gasteiger partial charge in [0.05, 0.1) is 9.72 Å². The minimum Gasteiger partial charge on any atom is -0.224 e. The Morgan fingerprint density at radius 3 is 2.14 bits per heavy atom. The van der Waals surface area contributed by atoms with Gasteiger partial charge in [-0.3, -0.25) is 0 Å². The first-order valence-corrected chi connectivity index (χ1v) is 8.90. The molecular formula is C15H13BrF2O2S. The van der Waals surface area contributed by atoms with E-state index < -0.39 is 26.3 Å². The summed E-state index contributed by atoms with van der Waals surface area (Å²) in [6, 6.07) is 8.33. The SMILES string of the molecule is Cc1cc(F)c(C(Br)c2ccc(S(C)(=O)=O)cc2)cc1F. The summed E-state index contributed by atoms with van der Waals surface area (Å²) < 4.78 is 50.3. The standard InChI is InChI=1S/C15H13BrF2O2S/c1-9-7-14(18)12(8-13(9)17)15(16)10-3-5-11(6-4-10)21(2,19)20/h3-8,15H,1-2H3. The van der Waals surface area contributed by atoms with E-state index in [0.717, 1.165) is 18.4 Å². The second-order valence-electron chi connectivity index (χ2n) is 4.83. The molecule has 2 aromatic carbocycles. The maximum absolute atomic E-state index is 13.9. The van der Waals surface area contributed by atoms with Crippen LogP contribution in [0.2, 0.25) is 0 Å². The van der Waals surface area contributed by atoms with Gasteiger partial charge >= 0.3 is 0 Å². The maximum Gasteiger partial charge on any atom is 0.175 e. The molecule has 0 aliphatic heterocycles. The number of hydrogen-bond donors (Lipinski definition) is 0. The molecule has 0 bridgehead atoms. The summed E-state index contributed by atoms with van der Waals surface area (Å²) in [6.45, 7) is 1.49.